The summed E-state index contributed by atoms with van der Waals surface area (Å²) < 4.78 is 10.6. The van der Waals surface area contributed by atoms with Gasteiger partial charge in [-0.05, 0) is 24.1 Å². The molecule has 8 heteroatoms. The number of guanidine groups is 1. The van der Waals surface area contributed by atoms with Crippen LogP contribution in [0.5, 0.6) is 11.5 Å². The van der Waals surface area contributed by atoms with Crippen molar-refractivity contribution in [3.05, 3.63) is 39.8 Å². The van der Waals surface area contributed by atoms with Gasteiger partial charge >= 0.3 is 0 Å². The van der Waals surface area contributed by atoms with E-state index in [0.717, 1.165) is 34.5 Å². The summed E-state index contributed by atoms with van der Waals surface area (Å²) >= 11 is 1.72. The summed E-state index contributed by atoms with van der Waals surface area (Å²) in [5, 5.41) is 7.62. The number of hydrogen-bond acceptors (Lipinski definition) is 5. The van der Waals surface area contributed by atoms with Gasteiger partial charge in [0.2, 0.25) is 0 Å². The van der Waals surface area contributed by atoms with Gasteiger partial charge in [0, 0.05) is 24.7 Å². The van der Waals surface area contributed by atoms with E-state index in [2.05, 4.69) is 27.5 Å². The molecule has 0 aliphatic carbocycles. The van der Waals surface area contributed by atoms with Gasteiger partial charge in [0.05, 0.1) is 20.8 Å². The highest BCUT2D eigenvalue weighted by molar-refractivity contribution is 14.0. The molecule has 0 saturated heterocycles. The number of aliphatic imine (C=N–C) groups is 1. The van der Waals surface area contributed by atoms with Crippen molar-refractivity contribution in [3.63, 3.8) is 0 Å². The maximum Gasteiger partial charge on any atom is 0.191 e. The van der Waals surface area contributed by atoms with Crippen molar-refractivity contribution in [2.45, 2.75) is 26.4 Å². The number of aryl methyl sites for hydroxylation is 1. The Morgan fingerprint density at radius 3 is 2.48 bits per heavy atom. The number of rotatable bonds is 7. The molecule has 0 unspecified atom stereocenters. The lowest BCUT2D eigenvalue weighted by Crippen LogP contribution is -2.36. The summed E-state index contributed by atoms with van der Waals surface area (Å²) in [6.07, 6.45) is 2.95. The lowest BCUT2D eigenvalue weighted by molar-refractivity contribution is 0.354. The molecule has 138 valence electrons. The van der Waals surface area contributed by atoms with E-state index in [-0.39, 0.29) is 24.0 Å². The van der Waals surface area contributed by atoms with Gasteiger partial charge in [-0.1, -0.05) is 13.0 Å². The largest absolute Gasteiger partial charge is 0.493 e. The van der Waals surface area contributed by atoms with Crippen molar-refractivity contribution in [2.75, 3.05) is 21.3 Å². The number of thiazole rings is 1. The second-order valence-corrected chi connectivity index (χ2v) is 6.24. The summed E-state index contributed by atoms with van der Waals surface area (Å²) in [5.41, 5.74) is 1.08. The maximum absolute atomic E-state index is 5.32. The third-order valence-electron chi connectivity index (χ3n) is 3.49. The molecule has 0 amide bonds. The second kappa shape index (κ2) is 11.1. The Bertz CT molecular complexity index is 691. The molecule has 2 rings (SSSR count). The third kappa shape index (κ3) is 6.35. The van der Waals surface area contributed by atoms with Crippen LogP contribution in [0.2, 0.25) is 0 Å². The van der Waals surface area contributed by atoms with Gasteiger partial charge in [0.1, 0.15) is 5.01 Å². The van der Waals surface area contributed by atoms with Crippen LogP contribution < -0.4 is 20.1 Å². The van der Waals surface area contributed by atoms with E-state index < -0.39 is 0 Å². The summed E-state index contributed by atoms with van der Waals surface area (Å²) in [7, 11) is 5.02. The third-order valence-corrected chi connectivity index (χ3v) is 4.63. The molecule has 0 spiro atoms. The normalized spacial score (nSPS) is 10.8. The first-order chi connectivity index (χ1) is 11.7. The number of benzene rings is 1. The van der Waals surface area contributed by atoms with E-state index in [0.29, 0.717) is 13.1 Å². The minimum atomic E-state index is 0. The predicted octanol–water partition coefficient (Wildman–Crippen LogP) is 3.21. The van der Waals surface area contributed by atoms with E-state index in [4.69, 9.17) is 9.47 Å². The molecule has 1 heterocycles. The van der Waals surface area contributed by atoms with Crippen LogP contribution in [0, 0.1) is 0 Å². The van der Waals surface area contributed by atoms with Crippen molar-refractivity contribution in [3.8, 4) is 11.5 Å². The van der Waals surface area contributed by atoms with Gasteiger partial charge in [0.25, 0.3) is 0 Å². The molecule has 2 aromatic rings. The van der Waals surface area contributed by atoms with Crippen molar-refractivity contribution >= 4 is 41.3 Å². The SMILES string of the molecule is CCc1cnc(CNC(=NC)NCc2ccc(OC)c(OC)c2)s1.I. The van der Waals surface area contributed by atoms with Crippen molar-refractivity contribution in [1.29, 1.82) is 0 Å². The molecule has 2 N–H and O–H groups in total. The van der Waals surface area contributed by atoms with Crippen LogP contribution in [0.1, 0.15) is 22.4 Å². The standard InChI is InChI=1S/C17H24N4O2S.HI/c1-5-13-10-19-16(24-13)11-21-17(18-2)20-9-12-6-7-14(22-3)15(8-12)23-4;/h6-8,10H,5,9,11H2,1-4H3,(H2,18,20,21);1H. The fraction of sp³-hybridized carbons (Fsp3) is 0.412. The molecule has 1 aromatic carbocycles. The molecular formula is C17H25IN4O2S. The molecular weight excluding hydrogens is 451 g/mol. The Morgan fingerprint density at radius 1 is 1.16 bits per heavy atom. The van der Waals surface area contributed by atoms with E-state index >= 15 is 0 Å². The van der Waals surface area contributed by atoms with E-state index in [9.17, 15) is 0 Å². The minimum Gasteiger partial charge on any atom is -0.493 e. The van der Waals surface area contributed by atoms with Crippen LogP contribution in [0.4, 0.5) is 0 Å². The van der Waals surface area contributed by atoms with Gasteiger partial charge < -0.3 is 20.1 Å². The summed E-state index contributed by atoms with van der Waals surface area (Å²) in [5.74, 6) is 2.17. The highest BCUT2D eigenvalue weighted by Crippen LogP contribution is 2.27. The van der Waals surface area contributed by atoms with Crippen LogP contribution in [0.3, 0.4) is 0 Å². The molecule has 0 radical (unpaired) electrons. The first-order valence-corrected chi connectivity index (χ1v) is 8.60. The van der Waals surface area contributed by atoms with Crippen molar-refractivity contribution < 1.29 is 9.47 Å². The molecule has 0 aliphatic heterocycles. The van der Waals surface area contributed by atoms with Crippen LogP contribution in [-0.2, 0) is 19.5 Å². The molecule has 1 aromatic heterocycles. The average Bonchev–Trinajstić information content (AvgIpc) is 3.09. The van der Waals surface area contributed by atoms with Crippen molar-refractivity contribution in [2.24, 2.45) is 4.99 Å². The van der Waals surface area contributed by atoms with E-state index in [1.807, 2.05) is 24.4 Å². The number of nitrogens with zero attached hydrogens (tertiary/aromatic N) is 2. The Balaban J connectivity index is 0.00000312. The van der Waals surface area contributed by atoms with Gasteiger partial charge in [-0.15, -0.1) is 35.3 Å². The Kier molecular flexibility index (Phi) is 9.58. The second-order valence-electron chi connectivity index (χ2n) is 5.04. The quantitative estimate of drug-likeness (QED) is 0.365. The molecule has 0 aliphatic rings. The fourth-order valence-corrected chi connectivity index (χ4v) is 2.95. The van der Waals surface area contributed by atoms with Crippen molar-refractivity contribution in [1.82, 2.24) is 15.6 Å². The predicted molar refractivity (Wildman–Crippen MR) is 113 cm³/mol. The number of nitrogens with one attached hydrogen (secondary N) is 2. The van der Waals surface area contributed by atoms with Crippen LogP contribution >= 0.6 is 35.3 Å². The number of halogens is 1. The monoisotopic (exact) mass is 476 g/mol. The minimum absolute atomic E-state index is 0. The van der Waals surface area contributed by atoms with E-state index in [1.54, 1.807) is 32.6 Å². The first kappa shape index (κ1) is 21.5. The lowest BCUT2D eigenvalue weighted by Gasteiger charge is -2.13. The van der Waals surface area contributed by atoms with E-state index in [1.165, 1.54) is 4.88 Å². The Morgan fingerprint density at radius 2 is 1.88 bits per heavy atom. The average molecular weight is 476 g/mol. The van der Waals surface area contributed by atoms with Gasteiger partial charge in [0.15, 0.2) is 17.5 Å². The Labute approximate surface area is 170 Å². The van der Waals surface area contributed by atoms with Gasteiger partial charge in [-0.25, -0.2) is 4.98 Å². The molecule has 0 saturated carbocycles. The fourth-order valence-electron chi connectivity index (χ4n) is 2.15. The number of hydrogen-bond donors (Lipinski definition) is 2. The topological polar surface area (TPSA) is 67.8 Å². The Hall–Kier alpha value is -1.55. The highest BCUT2D eigenvalue weighted by atomic mass is 127. The van der Waals surface area contributed by atoms with Crippen LogP contribution in [0.15, 0.2) is 29.4 Å². The summed E-state index contributed by atoms with van der Waals surface area (Å²) in [6.45, 7) is 3.43. The number of ether oxygens (including phenoxy) is 2. The molecule has 6 nitrogen and oxygen atoms in total. The summed E-state index contributed by atoms with van der Waals surface area (Å²) in [4.78, 5) is 9.92. The maximum atomic E-state index is 5.32. The van der Waals surface area contributed by atoms with Gasteiger partial charge in [-0.2, -0.15) is 0 Å². The highest BCUT2D eigenvalue weighted by Gasteiger charge is 2.06. The lowest BCUT2D eigenvalue weighted by atomic mass is 10.2. The number of methoxy groups -OCH3 is 2. The smallest absolute Gasteiger partial charge is 0.191 e. The summed E-state index contributed by atoms with van der Waals surface area (Å²) in [6, 6.07) is 5.84. The molecule has 0 atom stereocenters. The number of aromatic nitrogens is 1. The van der Waals surface area contributed by atoms with Crippen LogP contribution in [-0.4, -0.2) is 32.2 Å². The zero-order chi connectivity index (χ0) is 17.4. The first-order valence-electron chi connectivity index (χ1n) is 7.79. The zero-order valence-corrected chi connectivity index (χ0v) is 18.1. The van der Waals surface area contributed by atoms with Gasteiger partial charge in [-0.3, -0.25) is 4.99 Å². The molecule has 0 fully saturated rings. The molecule has 0 bridgehead atoms. The zero-order valence-electron chi connectivity index (χ0n) is 15.0. The van der Waals surface area contributed by atoms with Crippen LogP contribution in [0.25, 0.3) is 0 Å². The molecule has 25 heavy (non-hydrogen) atoms.